The van der Waals surface area contributed by atoms with Crippen LogP contribution >= 0.6 is 0 Å². The molecule has 0 unspecified atom stereocenters. The number of aromatic hydroxyl groups is 1. The molecule has 0 aliphatic carbocycles. The molecule has 0 bridgehead atoms. The molecular weight excluding hydrogens is 393 g/mol. The number of fused-ring (bicyclic) bond motifs is 2. The first-order valence-corrected chi connectivity index (χ1v) is 10.1. The second kappa shape index (κ2) is 7.42. The first-order chi connectivity index (χ1) is 14.5. The number of nitrogens with one attached hydrogen (secondary N) is 1. The lowest BCUT2D eigenvalue weighted by molar-refractivity contribution is -0.0420. The fraction of sp³-hybridized carbons (Fsp3) is 0.524. The Morgan fingerprint density at radius 3 is 2.83 bits per heavy atom. The topological polar surface area (TPSA) is 106 Å². The van der Waals surface area contributed by atoms with Crippen LogP contribution in [0.5, 0.6) is 5.75 Å². The van der Waals surface area contributed by atoms with Gasteiger partial charge in [0.15, 0.2) is 5.82 Å². The Kier molecular flexibility index (Phi) is 4.85. The second-order valence-corrected chi connectivity index (χ2v) is 8.16. The Hall–Kier alpha value is -2.33. The standard InChI is InChI=1S/C21H24FN3O5/c1-11-6-13(22)17(15(26)7-11)19-12-8-30-21(3-5-29-10-21)18(12)20(25-24-19)23-14-2-4-28-9-16(14)27/h6-7,14,16,26-27H,2-5,8-10H2,1H3,(H,23,25)/t14-,16-,21+/m1/s1. The number of hydrogen-bond donors (Lipinski definition) is 3. The van der Waals surface area contributed by atoms with Crippen molar-refractivity contribution in [3.63, 3.8) is 0 Å². The fourth-order valence-corrected chi connectivity index (χ4v) is 4.57. The smallest absolute Gasteiger partial charge is 0.155 e. The second-order valence-electron chi connectivity index (χ2n) is 8.16. The van der Waals surface area contributed by atoms with Gasteiger partial charge in [-0.05, 0) is 31.0 Å². The first-order valence-electron chi connectivity index (χ1n) is 10.1. The SMILES string of the molecule is Cc1cc(O)c(-c2nnc(N[C@@H]3CCOC[C@H]3O)c3c2CO[C@]32CCOC2)c(F)c1. The van der Waals surface area contributed by atoms with Crippen LogP contribution in [0.3, 0.4) is 0 Å². The van der Waals surface area contributed by atoms with Crippen LogP contribution in [-0.2, 0) is 26.4 Å². The number of benzene rings is 1. The minimum atomic E-state index is -0.699. The van der Waals surface area contributed by atoms with E-state index in [9.17, 15) is 14.6 Å². The van der Waals surface area contributed by atoms with Gasteiger partial charge in [-0.2, -0.15) is 0 Å². The molecule has 1 aromatic heterocycles. The van der Waals surface area contributed by atoms with Gasteiger partial charge in [0, 0.05) is 30.8 Å². The normalized spacial score (nSPS) is 28.1. The third kappa shape index (κ3) is 3.13. The molecule has 2 fully saturated rings. The van der Waals surface area contributed by atoms with Crippen molar-refractivity contribution in [1.29, 1.82) is 0 Å². The summed E-state index contributed by atoms with van der Waals surface area (Å²) < 4.78 is 31.9. The van der Waals surface area contributed by atoms with Crippen molar-refractivity contribution in [1.82, 2.24) is 10.2 Å². The summed E-state index contributed by atoms with van der Waals surface area (Å²) in [4.78, 5) is 0. The number of aliphatic hydroxyl groups is 1. The average Bonchev–Trinajstić information content (AvgIpc) is 3.33. The van der Waals surface area contributed by atoms with Gasteiger partial charge in [-0.3, -0.25) is 0 Å². The minimum absolute atomic E-state index is 0.0153. The molecule has 1 aromatic carbocycles. The molecule has 1 spiro atoms. The molecule has 3 N–H and O–H groups in total. The summed E-state index contributed by atoms with van der Waals surface area (Å²) in [6.45, 7) is 3.61. The zero-order chi connectivity index (χ0) is 20.9. The average molecular weight is 417 g/mol. The molecule has 2 aromatic rings. The monoisotopic (exact) mass is 417 g/mol. The summed E-state index contributed by atoms with van der Waals surface area (Å²) >= 11 is 0. The number of anilines is 1. The molecule has 3 atom stereocenters. The highest BCUT2D eigenvalue weighted by molar-refractivity contribution is 5.74. The Labute approximate surface area is 173 Å². The number of hydrogen-bond acceptors (Lipinski definition) is 8. The van der Waals surface area contributed by atoms with Crippen LogP contribution in [0.25, 0.3) is 11.3 Å². The number of nitrogens with zero attached hydrogens (tertiary/aromatic N) is 2. The number of halogens is 1. The largest absolute Gasteiger partial charge is 0.507 e. The van der Waals surface area contributed by atoms with E-state index in [0.717, 1.165) is 5.56 Å². The number of phenols is 1. The predicted octanol–water partition coefficient (Wildman–Crippen LogP) is 2.00. The number of aliphatic hydroxyl groups excluding tert-OH is 1. The van der Waals surface area contributed by atoms with Crippen molar-refractivity contribution in [2.45, 2.75) is 44.1 Å². The molecule has 0 radical (unpaired) electrons. The van der Waals surface area contributed by atoms with E-state index in [-0.39, 0.29) is 36.3 Å². The van der Waals surface area contributed by atoms with Crippen LogP contribution in [0.15, 0.2) is 12.1 Å². The number of ether oxygens (including phenoxy) is 3. The van der Waals surface area contributed by atoms with Gasteiger partial charge in [0.2, 0.25) is 0 Å². The maximum Gasteiger partial charge on any atom is 0.155 e. The number of phenolic OH excluding ortho intramolecular Hbond substituents is 1. The van der Waals surface area contributed by atoms with Gasteiger partial charge in [0.25, 0.3) is 0 Å². The molecule has 9 heteroatoms. The van der Waals surface area contributed by atoms with Gasteiger partial charge in [-0.1, -0.05) is 0 Å². The molecular formula is C21H24FN3O5. The van der Waals surface area contributed by atoms with E-state index in [1.54, 1.807) is 6.92 Å². The van der Waals surface area contributed by atoms with Crippen molar-refractivity contribution in [3.05, 3.63) is 34.6 Å². The lowest BCUT2D eigenvalue weighted by Crippen LogP contribution is -2.42. The lowest BCUT2D eigenvalue weighted by Gasteiger charge is -2.31. The van der Waals surface area contributed by atoms with Crippen molar-refractivity contribution < 1.29 is 28.8 Å². The van der Waals surface area contributed by atoms with Gasteiger partial charge < -0.3 is 29.7 Å². The van der Waals surface area contributed by atoms with Crippen molar-refractivity contribution in [3.8, 4) is 17.0 Å². The molecule has 160 valence electrons. The van der Waals surface area contributed by atoms with Gasteiger partial charge in [0.05, 0.1) is 37.5 Å². The highest BCUT2D eigenvalue weighted by atomic mass is 19.1. The molecule has 30 heavy (non-hydrogen) atoms. The molecule has 3 aliphatic rings. The summed E-state index contributed by atoms with van der Waals surface area (Å²) in [5, 5.41) is 32.7. The predicted molar refractivity (Wildman–Crippen MR) is 105 cm³/mol. The zero-order valence-corrected chi connectivity index (χ0v) is 16.7. The molecule has 3 aliphatic heterocycles. The Morgan fingerprint density at radius 1 is 1.23 bits per heavy atom. The molecule has 0 amide bonds. The molecule has 0 saturated carbocycles. The fourth-order valence-electron chi connectivity index (χ4n) is 4.57. The quantitative estimate of drug-likeness (QED) is 0.697. The maximum absolute atomic E-state index is 14.8. The van der Waals surface area contributed by atoms with Crippen LogP contribution in [0.1, 0.15) is 29.5 Å². The van der Waals surface area contributed by atoms with Gasteiger partial charge in [0.1, 0.15) is 22.9 Å². The van der Waals surface area contributed by atoms with E-state index in [1.807, 2.05) is 0 Å². The van der Waals surface area contributed by atoms with E-state index in [1.165, 1.54) is 12.1 Å². The van der Waals surface area contributed by atoms with Crippen molar-refractivity contribution in [2.24, 2.45) is 0 Å². The Bertz CT molecular complexity index is 956. The van der Waals surface area contributed by atoms with E-state index in [0.29, 0.717) is 49.6 Å². The van der Waals surface area contributed by atoms with E-state index >= 15 is 0 Å². The molecule has 8 nitrogen and oxygen atoms in total. The maximum atomic E-state index is 14.8. The van der Waals surface area contributed by atoms with Crippen LogP contribution < -0.4 is 5.32 Å². The van der Waals surface area contributed by atoms with Gasteiger partial charge in [-0.15, -0.1) is 10.2 Å². The van der Waals surface area contributed by atoms with Gasteiger partial charge in [-0.25, -0.2) is 4.39 Å². The molecule has 5 rings (SSSR count). The van der Waals surface area contributed by atoms with Gasteiger partial charge >= 0.3 is 0 Å². The molecule has 2 saturated heterocycles. The van der Waals surface area contributed by atoms with Crippen LogP contribution in [-0.4, -0.2) is 59.0 Å². The summed E-state index contributed by atoms with van der Waals surface area (Å²) in [5.41, 5.74) is 1.64. The number of aromatic nitrogens is 2. The first kappa shape index (κ1) is 19.6. The minimum Gasteiger partial charge on any atom is -0.507 e. The van der Waals surface area contributed by atoms with E-state index in [4.69, 9.17) is 14.2 Å². The van der Waals surface area contributed by atoms with Crippen LogP contribution in [0.4, 0.5) is 10.2 Å². The summed E-state index contributed by atoms with van der Waals surface area (Å²) in [5.74, 6) is -0.254. The van der Waals surface area contributed by atoms with Crippen molar-refractivity contribution >= 4 is 5.82 Å². The summed E-state index contributed by atoms with van der Waals surface area (Å²) in [6.07, 6.45) is 0.586. The zero-order valence-electron chi connectivity index (χ0n) is 16.7. The van der Waals surface area contributed by atoms with Crippen LogP contribution in [0.2, 0.25) is 0 Å². The summed E-state index contributed by atoms with van der Waals surface area (Å²) in [6, 6.07) is 2.62. The third-order valence-electron chi connectivity index (χ3n) is 6.11. The van der Waals surface area contributed by atoms with E-state index < -0.39 is 17.5 Å². The van der Waals surface area contributed by atoms with Crippen LogP contribution in [0, 0.1) is 12.7 Å². The highest BCUT2D eigenvalue weighted by Gasteiger charge is 2.48. The number of aryl methyl sites for hydroxylation is 1. The summed E-state index contributed by atoms with van der Waals surface area (Å²) in [7, 11) is 0. The highest BCUT2D eigenvalue weighted by Crippen LogP contribution is 2.49. The Balaban J connectivity index is 1.64. The number of rotatable bonds is 3. The lowest BCUT2D eigenvalue weighted by atomic mass is 9.89. The molecule has 4 heterocycles. The Morgan fingerprint density at radius 2 is 2.10 bits per heavy atom. The van der Waals surface area contributed by atoms with Crippen molar-refractivity contribution in [2.75, 3.05) is 31.7 Å². The van der Waals surface area contributed by atoms with E-state index in [2.05, 4.69) is 15.5 Å². The third-order valence-corrected chi connectivity index (χ3v) is 6.11.